The number of hydrogen-bond acceptors (Lipinski definition) is 5. The molecule has 2 saturated heterocycles. The van der Waals surface area contributed by atoms with E-state index in [1.165, 1.54) is 0 Å². The van der Waals surface area contributed by atoms with E-state index in [0.717, 1.165) is 37.9 Å². The molecule has 7 heteroatoms. The van der Waals surface area contributed by atoms with Gasteiger partial charge in [0.15, 0.2) is 0 Å². The van der Waals surface area contributed by atoms with Crippen molar-refractivity contribution in [1.82, 2.24) is 20.1 Å². The second kappa shape index (κ2) is 10.7. The van der Waals surface area contributed by atoms with Crippen molar-refractivity contribution in [2.45, 2.75) is 58.3 Å². The van der Waals surface area contributed by atoms with E-state index >= 15 is 0 Å². The zero-order valence-electron chi connectivity index (χ0n) is 17.7. The number of carbonyl (C=O) groups excluding carboxylic acids is 2. The first kappa shape index (κ1) is 21.7. The second-order valence-electron chi connectivity index (χ2n) is 8.48. The Morgan fingerprint density at radius 2 is 2.10 bits per heavy atom. The topological polar surface area (TPSA) is 74.8 Å². The number of piperazine rings is 1. The largest absolute Gasteiger partial charge is 0.373 e. The van der Waals surface area contributed by atoms with Crippen molar-refractivity contribution >= 4 is 11.8 Å². The minimum Gasteiger partial charge on any atom is -0.373 e. The summed E-state index contributed by atoms with van der Waals surface area (Å²) < 4.78 is 5.99. The zero-order valence-corrected chi connectivity index (χ0v) is 17.7. The van der Waals surface area contributed by atoms with E-state index in [9.17, 15) is 9.59 Å². The molecule has 0 aromatic carbocycles. The number of rotatable bonds is 8. The highest BCUT2D eigenvalue weighted by atomic mass is 16.5. The summed E-state index contributed by atoms with van der Waals surface area (Å²) in [5.74, 6) is 0.650. The molecule has 3 heterocycles. The van der Waals surface area contributed by atoms with Gasteiger partial charge in [-0.1, -0.05) is 19.9 Å². The molecule has 0 saturated carbocycles. The van der Waals surface area contributed by atoms with Crippen molar-refractivity contribution < 1.29 is 14.3 Å². The molecule has 2 amide bonds. The summed E-state index contributed by atoms with van der Waals surface area (Å²) in [5.41, 5.74) is 1.07. The summed E-state index contributed by atoms with van der Waals surface area (Å²) in [4.78, 5) is 33.4. The van der Waals surface area contributed by atoms with Gasteiger partial charge in [0.1, 0.15) is 0 Å². The van der Waals surface area contributed by atoms with Crippen LogP contribution in [0.25, 0.3) is 0 Å². The van der Waals surface area contributed by atoms with E-state index in [2.05, 4.69) is 29.0 Å². The fourth-order valence-electron chi connectivity index (χ4n) is 3.94. The molecular weight excluding hydrogens is 368 g/mol. The van der Waals surface area contributed by atoms with E-state index in [1.54, 1.807) is 6.20 Å². The molecule has 7 nitrogen and oxygen atoms in total. The van der Waals surface area contributed by atoms with Gasteiger partial charge in [-0.15, -0.1) is 0 Å². The number of amides is 2. The third kappa shape index (κ3) is 6.51. The average molecular weight is 403 g/mol. The van der Waals surface area contributed by atoms with Gasteiger partial charge in [-0.3, -0.25) is 19.5 Å². The number of nitrogens with zero attached hydrogens (tertiary/aromatic N) is 3. The van der Waals surface area contributed by atoms with Gasteiger partial charge in [-0.2, -0.15) is 0 Å². The summed E-state index contributed by atoms with van der Waals surface area (Å²) in [5, 5.41) is 2.92. The number of hydrogen-bond donors (Lipinski definition) is 1. The van der Waals surface area contributed by atoms with Crippen LogP contribution in [-0.2, 0) is 20.9 Å². The third-order valence-electron chi connectivity index (χ3n) is 5.81. The van der Waals surface area contributed by atoms with E-state index in [0.29, 0.717) is 32.2 Å². The lowest BCUT2D eigenvalue weighted by molar-refractivity contribution is -0.140. The van der Waals surface area contributed by atoms with Gasteiger partial charge < -0.3 is 15.0 Å². The maximum atomic E-state index is 12.9. The van der Waals surface area contributed by atoms with Crippen LogP contribution >= 0.6 is 0 Å². The standard InChI is InChI=1S/C22H34N4O3/c1-17(2)5-10-25-13-9-24-22(28)20(25)14-21(27)26-11-6-19(7-12-26)29-16-18-4-3-8-23-15-18/h3-4,8,15,17,19-20H,5-7,9-14,16H2,1-2H3,(H,24,28)/t20-/m0/s1. The number of ether oxygens (including phenoxy) is 1. The summed E-state index contributed by atoms with van der Waals surface area (Å²) >= 11 is 0. The van der Waals surface area contributed by atoms with Gasteiger partial charge in [-0.05, 0) is 43.4 Å². The first-order valence-corrected chi connectivity index (χ1v) is 10.8. The van der Waals surface area contributed by atoms with Crippen molar-refractivity contribution in [3.63, 3.8) is 0 Å². The molecule has 0 unspecified atom stereocenters. The Morgan fingerprint density at radius 3 is 2.79 bits per heavy atom. The summed E-state index contributed by atoms with van der Waals surface area (Å²) in [6.45, 7) is 8.66. The van der Waals surface area contributed by atoms with Crippen LogP contribution in [0, 0.1) is 5.92 Å². The predicted octanol–water partition coefficient (Wildman–Crippen LogP) is 1.83. The van der Waals surface area contributed by atoms with Crippen molar-refractivity contribution in [3.8, 4) is 0 Å². The smallest absolute Gasteiger partial charge is 0.237 e. The molecule has 2 aliphatic rings. The van der Waals surface area contributed by atoms with E-state index < -0.39 is 0 Å². The van der Waals surface area contributed by atoms with E-state index in [1.807, 2.05) is 23.2 Å². The number of aromatic nitrogens is 1. The lowest BCUT2D eigenvalue weighted by Gasteiger charge is -2.37. The maximum Gasteiger partial charge on any atom is 0.237 e. The van der Waals surface area contributed by atoms with E-state index in [4.69, 9.17) is 4.74 Å². The van der Waals surface area contributed by atoms with Crippen LogP contribution in [-0.4, -0.2) is 71.5 Å². The van der Waals surface area contributed by atoms with Gasteiger partial charge in [-0.25, -0.2) is 0 Å². The molecule has 1 aromatic heterocycles. The highest BCUT2D eigenvalue weighted by Gasteiger charge is 2.33. The van der Waals surface area contributed by atoms with Crippen LogP contribution in [0.15, 0.2) is 24.5 Å². The summed E-state index contributed by atoms with van der Waals surface area (Å²) in [7, 11) is 0. The van der Waals surface area contributed by atoms with Crippen LogP contribution in [0.3, 0.4) is 0 Å². The third-order valence-corrected chi connectivity index (χ3v) is 5.81. The second-order valence-corrected chi connectivity index (χ2v) is 8.48. The molecule has 0 aliphatic carbocycles. The van der Waals surface area contributed by atoms with Crippen LogP contribution in [0.5, 0.6) is 0 Å². The molecular formula is C22H34N4O3. The minimum atomic E-state index is -0.338. The Kier molecular flexibility index (Phi) is 8.00. The molecule has 29 heavy (non-hydrogen) atoms. The molecule has 2 fully saturated rings. The highest BCUT2D eigenvalue weighted by Crippen LogP contribution is 2.19. The van der Waals surface area contributed by atoms with Crippen LogP contribution in [0.2, 0.25) is 0 Å². The van der Waals surface area contributed by atoms with Gasteiger partial charge in [0.25, 0.3) is 0 Å². The van der Waals surface area contributed by atoms with Gasteiger partial charge >= 0.3 is 0 Å². The first-order chi connectivity index (χ1) is 14.0. The average Bonchev–Trinajstić information content (AvgIpc) is 2.73. The Hall–Kier alpha value is -1.99. The lowest BCUT2D eigenvalue weighted by atomic mass is 10.0. The molecule has 1 N–H and O–H groups in total. The number of carbonyl (C=O) groups is 2. The molecule has 0 bridgehead atoms. The van der Waals surface area contributed by atoms with Gasteiger partial charge in [0.2, 0.25) is 11.8 Å². The van der Waals surface area contributed by atoms with Crippen molar-refractivity contribution in [2.75, 3.05) is 32.7 Å². The molecule has 2 aliphatic heterocycles. The Labute approximate surface area is 173 Å². The maximum absolute atomic E-state index is 12.9. The Bertz CT molecular complexity index is 659. The van der Waals surface area contributed by atoms with Crippen molar-refractivity contribution in [3.05, 3.63) is 30.1 Å². The monoisotopic (exact) mass is 402 g/mol. The predicted molar refractivity (Wildman–Crippen MR) is 111 cm³/mol. The summed E-state index contributed by atoms with van der Waals surface area (Å²) in [6, 6.07) is 3.58. The minimum absolute atomic E-state index is 0.0111. The van der Waals surface area contributed by atoms with Gasteiger partial charge in [0, 0.05) is 38.6 Å². The molecule has 1 atom stereocenters. The molecule has 160 valence electrons. The molecule has 1 aromatic rings. The Balaban J connectivity index is 1.45. The number of nitrogens with one attached hydrogen (secondary N) is 1. The van der Waals surface area contributed by atoms with E-state index in [-0.39, 0.29) is 30.4 Å². The Morgan fingerprint density at radius 1 is 1.31 bits per heavy atom. The molecule has 3 rings (SSSR count). The van der Waals surface area contributed by atoms with Gasteiger partial charge in [0.05, 0.1) is 25.2 Å². The van der Waals surface area contributed by atoms with Crippen molar-refractivity contribution in [1.29, 1.82) is 0 Å². The van der Waals surface area contributed by atoms with Crippen LogP contribution in [0.1, 0.15) is 45.1 Å². The molecule has 0 spiro atoms. The first-order valence-electron chi connectivity index (χ1n) is 10.8. The summed E-state index contributed by atoms with van der Waals surface area (Å²) in [6.07, 6.45) is 6.71. The van der Waals surface area contributed by atoms with Crippen LogP contribution < -0.4 is 5.32 Å². The fourth-order valence-corrected chi connectivity index (χ4v) is 3.94. The quantitative estimate of drug-likeness (QED) is 0.718. The lowest BCUT2D eigenvalue weighted by Crippen LogP contribution is -2.57. The zero-order chi connectivity index (χ0) is 20.6. The normalized spacial score (nSPS) is 21.4. The SMILES string of the molecule is CC(C)CCN1CCNC(=O)[C@@H]1CC(=O)N1CCC(OCc2cccnc2)CC1. The van der Waals surface area contributed by atoms with Crippen LogP contribution in [0.4, 0.5) is 0 Å². The highest BCUT2D eigenvalue weighted by molar-refractivity contribution is 5.88. The molecule has 0 radical (unpaired) electrons. The fraction of sp³-hybridized carbons (Fsp3) is 0.682. The number of likely N-dealkylation sites (tertiary alicyclic amines) is 1. The van der Waals surface area contributed by atoms with Crippen molar-refractivity contribution in [2.24, 2.45) is 5.92 Å². The number of piperidine rings is 1. The number of pyridine rings is 1.